The van der Waals surface area contributed by atoms with Crippen LogP contribution in [0.3, 0.4) is 0 Å². The molecule has 2 aromatic rings. The zero-order valence-corrected chi connectivity index (χ0v) is 14.8. The number of benzene rings is 2. The van der Waals surface area contributed by atoms with E-state index in [1.54, 1.807) is 25.1 Å². The van der Waals surface area contributed by atoms with Gasteiger partial charge in [0.1, 0.15) is 11.5 Å². The van der Waals surface area contributed by atoms with E-state index in [0.29, 0.717) is 36.8 Å². The number of anilines is 1. The number of nitrogen functional groups attached to an aromatic ring is 1. The number of aryl methyl sites for hydroxylation is 1. The van der Waals surface area contributed by atoms with Crippen LogP contribution in [0.15, 0.2) is 42.5 Å². The molecule has 0 aliphatic heterocycles. The summed E-state index contributed by atoms with van der Waals surface area (Å²) in [4.78, 5) is 11.7. The van der Waals surface area contributed by atoms with Gasteiger partial charge in [-0.3, -0.25) is 0 Å². The van der Waals surface area contributed by atoms with Gasteiger partial charge in [-0.15, -0.1) is 0 Å². The summed E-state index contributed by atoms with van der Waals surface area (Å²) >= 11 is 0. The molecule has 0 saturated carbocycles. The number of rotatable bonds is 9. The second-order valence-electron chi connectivity index (χ2n) is 5.69. The third kappa shape index (κ3) is 6.03. The van der Waals surface area contributed by atoms with Crippen LogP contribution < -0.4 is 15.2 Å². The Morgan fingerprint density at radius 2 is 1.68 bits per heavy atom. The van der Waals surface area contributed by atoms with Crippen molar-refractivity contribution in [3.8, 4) is 11.5 Å². The molecule has 0 radical (unpaired) electrons. The van der Waals surface area contributed by atoms with Crippen LogP contribution in [-0.4, -0.2) is 25.8 Å². The summed E-state index contributed by atoms with van der Waals surface area (Å²) in [5.41, 5.74) is 8.04. The Morgan fingerprint density at radius 1 is 1.00 bits per heavy atom. The Morgan fingerprint density at radius 3 is 2.36 bits per heavy atom. The van der Waals surface area contributed by atoms with Crippen LogP contribution in [-0.2, 0) is 4.74 Å². The summed E-state index contributed by atoms with van der Waals surface area (Å²) in [6, 6.07) is 12.9. The lowest BCUT2D eigenvalue weighted by molar-refractivity contribution is 0.0526. The highest BCUT2D eigenvalue weighted by molar-refractivity contribution is 5.90. The van der Waals surface area contributed by atoms with Crippen molar-refractivity contribution in [1.82, 2.24) is 0 Å². The first-order valence-corrected chi connectivity index (χ1v) is 8.49. The predicted octanol–water partition coefficient (Wildman–Crippen LogP) is 3.99. The quantitative estimate of drug-likeness (QED) is 0.423. The molecule has 0 heterocycles. The largest absolute Gasteiger partial charge is 0.494 e. The van der Waals surface area contributed by atoms with Crippen LogP contribution in [0.4, 0.5) is 5.69 Å². The van der Waals surface area contributed by atoms with Crippen LogP contribution in [0.2, 0.25) is 0 Å². The molecular weight excluding hydrogens is 318 g/mol. The lowest BCUT2D eigenvalue weighted by Crippen LogP contribution is -2.07. The predicted molar refractivity (Wildman–Crippen MR) is 98.2 cm³/mol. The fourth-order valence-corrected chi connectivity index (χ4v) is 2.21. The minimum atomic E-state index is -0.376. The van der Waals surface area contributed by atoms with E-state index in [9.17, 15) is 4.79 Å². The number of carbonyl (C=O) groups excluding carboxylic acids is 1. The minimum Gasteiger partial charge on any atom is -0.494 e. The number of esters is 1. The maximum atomic E-state index is 11.7. The Bertz CT molecular complexity index is 683. The Labute approximate surface area is 148 Å². The van der Waals surface area contributed by atoms with Crippen molar-refractivity contribution in [3.63, 3.8) is 0 Å². The van der Waals surface area contributed by atoms with E-state index in [2.05, 4.69) is 0 Å². The summed E-state index contributed by atoms with van der Waals surface area (Å²) in [5.74, 6) is 1.00. The van der Waals surface area contributed by atoms with E-state index < -0.39 is 0 Å². The molecule has 2 rings (SSSR count). The molecule has 2 aromatic carbocycles. The van der Waals surface area contributed by atoms with Gasteiger partial charge >= 0.3 is 5.97 Å². The third-order valence-electron chi connectivity index (χ3n) is 3.61. The first-order chi connectivity index (χ1) is 12.1. The van der Waals surface area contributed by atoms with Crippen LogP contribution in [0.25, 0.3) is 0 Å². The number of hydrogen-bond donors (Lipinski definition) is 1. The van der Waals surface area contributed by atoms with E-state index >= 15 is 0 Å². The zero-order chi connectivity index (χ0) is 18.1. The van der Waals surface area contributed by atoms with Gasteiger partial charge in [-0.1, -0.05) is 17.7 Å². The molecule has 0 spiro atoms. The van der Waals surface area contributed by atoms with Crippen LogP contribution in [0.1, 0.15) is 35.7 Å². The standard InChI is InChI=1S/C20H25NO4/c1-3-23-20(22)16-8-11-18(21)19(14-16)25-13-5-4-12-24-17-9-6-15(2)7-10-17/h6-11,14H,3-5,12-13,21H2,1-2H3. The number of carbonyl (C=O) groups is 1. The lowest BCUT2D eigenvalue weighted by Gasteiger charge is -2.11. The SMILES string of the molecule is CCOC(=O)c1ccc(N)c(OCCCCOc2ccc(C)cc2)c1. The first-order valence-electron chi connectivity index (χ1n) is 8.49. The van der Waals surface area contributed by atoms with E-state index in [-0.39, 0.29) is 5.97 Å². The molecule has 0 unspecified atom stereocenters. The molecule has 0 atom stereocenters. The van der Waals surface area contributed by atoms with Gasteiger partial charge in [0.15, 0.2) is 0 Å². The average Bonchev–Trinajstić information content (AvgIpc) is 2.61. The number of nitrogens with two attached hydrogens (primary N) is 1. The zero-order valence-electron chi connectivity index (χ0n) is 14.8. The summed E-state index contributed by atoms with van der Waals surface area (Å²) in [5, 5.41) is 0. The van der Waals surface area contributed by atoms with Crippen molar-refractivity contribution in [3.05, 3.63) is 53.6 Å². The fraction of sp³-hybridized carbons (Fsp3) is 0.350. The molecule has 0 aromatic heterocycles. The first kappa shape index (κ1) is 18.6. The molecule has 0 aliphatic rings. The number of hydrogen-bond acceptors (Lipinski definition) is 5. The highest BCUT2D eigenvalue weighted by Crippen LogP contribution is 2.23. The monoisotopic (exact) mass is 343 g/mol. The maximum Gasteiger partial charge on any atom is 0.338 e. The van der Waals surface area contributed by atoms with Gasteiger partial charge in [0.05, 0.1) is 31.1 Å². The lowest BCUT2D eigenvalue weighted by atomic mass is 10.2. The van der Waals surface area contributed by atoms with Gasteiger partial charge in [0.2, 0.25) is 0 Å². The number of unbranched alkanes of at least 4 members (excludes halogenated alkanes) is 1. The third-order valence-corrected chi connectivity index (χ3v) is 3.61. The fourth-order valence-electron chi connectivity index (χ4n) is 2.21. The van der Waals surface area contributed by atoms with Gasteiger partial charge in [-0.05, 0) is 57.0 Å². The molecular formula is C20H25NO4. The highest BCUT2D eigenvalue weighted by atomic mass is 16.5. The van der Waals surface area contributed by atoms with Crippen LogP contribution in [0.5, 0.6) is 11.5 Å². The molecule has 0 amide bonds. The molecule has 5 nitrogen and oxygen atoms in total. The van der Waals surface area contributed by atoms with Crippen LogP contribution >= 0.6 is 0 Å². The molecule has 134 valence electrons. The van der Waals surface area contributed by atoms with E-state index in [4.69, 9.17) is 19.9 Å². The van der Waals surface area contributed by atoms with Crippen molar-refractivity contribution < 1.29 is 19.0 Å². The Kier molecular flexibility index (Phi) is 7.14. The van der Waals surface area contributed by atoms with Crippen molar-refractivity contribution >= 4 is 11.7 Å². The molecule has 5 heteroatoms. The van der Waals surface area contributed by atoms with E-state index in [0.717, 1.165) is 18.6 Å². The van der Waals surface area contributed by atoms with Gasteiger partial charge in [-0.2, -0.15) is 0 Å². The number of ether oxygens (including phenoxy) is 3. The Hall–Kier alpha value is -2.69. The molecule has 0 fully saturated rings. The minimum absolute atomic E-state index is 0.334. The van der Waals surface area contributed by atoms with Crippen molar-refractivity contribution in [1.29, 1.82) is 0 Å². The van der Waals surface area contributed by atoms with Gasteiger partial charge < -0.3 is 19.9 Å². The molecule has 0 aliphatic carbocycles. The summed E-state index contributed by atoms with van der Waals surface area (Å²) in [6.07, 6.45) is 1.69. The maximum absolute atomic E-state index is 11.7. The molecule has 0 saturated heterocycles. The van der Waals surface area contributed by atoms with Gasteiger partial charge in [0.25, 0.3) is 0 Å². The normalized spacial score (nSPS) is 10.3. The summed E-state index contributed by atoms with van der Waals surface area (Å²) in [7, 11) is 0. The van der Waals surface area contributed by atoms with Crippen molar-refractivity contribution in [2.24, 2.45) is 0 Å². The highest BCUT2D eigenvalue weighted by Gasteiger charge is 2.10. The topological polar surface area (TPSA) is 70.8 Å². The van der Waals surface area contributed by atoms with E-state index in [1.165, 1.54) is 5.56 Å². The average molecular weight is 343 g/mol. The second kappa shape index (κ2) is 9.57. The van der Waals surface area contributed by atoms with Gasteiger partial charge in [-0.25, -0.2) is 4.79 Å². The molecule has 25 heavy (non-hydrogen) atoms. The second-order valence-corrected chi connectivity index (χ2v) is 5.69. The molecule has 0 bridgehead atoms. The summed E-state index contributed by atoms with van der Waals surface area (Å²) in [6.45, 7) is 5.29. The van der Waals surface area contributed by atoms with E-state index in [1.807, 2.05) is 31.2 Å². The van der Waals surface area contributed by atoms with Crippen molar-refractivity contribution in [2.45, 2.75) is 26.7 Å². The summed E-state index contributed by atoms with van der Waals surface area (Å²) < 4.78 is 16.3. The Balaban J connectivity index is 1.73. The smallest absolute Gasteiger partial charge is 0.338 e. The van der Waals surface area contributed by atoms with Crippen LogP contribution in [0, 0.1) is 6.92 Å². The molecule has 2 N–H and O–H groups in total. The van der Waals surface area contributed by atoms with Crippen molar-refractivity contribution in [2.75, 3.05) is 25.6 Å². The van der Waals surface area contributed by atoms with Gasteiger partial charge in [0, 0.05) is 0 Å².